The summed E-state index contributed by atoms with van der Waals surface area (Å²) in [5, 5.41) is 6.01. The molecule has 2 amide bonds. The molecule has 0 aliphatic carbocycles. The van der Waals surface area contributed by atoms with Crippen molar-refractivity contribution in [2.24, 2.45) is 5.92 Å². The van der Waals surface area contributed by atoms with Crippen molar-refractivity contribution in [3.05, 3.63) is 0 Å². The fourth-order valence-corrected chi connectivity index (χ4v) is 3.39. The molecule has 108 valence electrons. The molecule has 0 aromatic heterocycles. The summed E-state index contributed by atoms with van der Waals surface area (Å²) >= 11 is 1.20. The van der Waals surface area contributed by atoms with E-state index in [1.165, 1.54) is 11.8 Å². The fraction of sp³-hybridized carbons (Fsp3) is 0.846. The number of carbonyl (C=O) groups is 2. The summed E-state index contributed by atoms with van der Waals surface area (Å²) in [5.41, 5.74) is 0. The van der Waals surface area contributed by atoms with E-state index >= 15 is 0 Å². The number of rotatable bonds is 4. The van der Waals surface area contributed by atoms with Crippen molar-refractivity contribution in [1.82, 2.24) is 15.5 Å². The van der Waals surface area contributed by atoms with E-state index in [9.17, 15) is 9.59 Å². The summed E-state index contributed by atoms with van der Waals surface area (Å²) in [5.74, 6) is 1.22. The Morgan fingerprint density at radius 3 is 2.63 bits per heavy atom. The van der Waals surface area contributed by atoms with Gasteiger partial charge in [-0.1, -0.05) is 11.8 Å². The SMILES string of the molecule is CC(C)N(CC1CCNCC1)C(=O)C1CSC(=O)N1. The summed E-state index contributed by atoms with van der Waals surface area (Å²) in [6.45, 7) is 6.99. The normalized spacial score (nSPS) is 24.6. The molecule has 6 heteroatoms. The lowest BCUT2D eigenvalue weighted by Crippen LogP contribution is -2.50. The molecular weight excluding hydrogens is 262 g/mol. The van der Waals surface area contributed by atoms with E-state index in [1.54, 1.807) is 0 Å². The summed E-state index contributed by atoms with van der Waals surface area (Å²) in [6, 6.07) is -0.147. The molecule has 2 rings (SSSR count). The van der Waals surface area contributed by atoms with Gasteiger partial charge in [0.05, 0.1) is 0 Å². The Morgan fingerprint density at radius 1 is 1.42 bits per heavy atom. The Balaban J connectivity index is 1.94. The van der Waals surface area contributed by atoms with Gasteiger partial charge >= 0.3 is 0 Å². The minimum absolute atomic E-state index is 0.0758. The van der Waals surface area contributed by atoms with Crippen LogP contribution in [-0.2, 0) is 4.79 Å². The van der Waals surface area contributed by atoms with Gasteiger partial charge in [-0.25, -0.2) is 0 Å². The van der Waals surface area contributed by atoms with Crippen LogP contribution in [0, 0.1) is 5.92 Å². The largest absolute Gasteiger partial charge is 0.338 e. The van der Waals surface area contributed by atoms with Crippen LogP contribution in [0.25, 0.3) is 0 Å². The number of carbonyl (C=O) groups excluding carboxylic acids is 2. The topological polar surface area (TPSA) is 61.4 Å². The molecule has 2 aliphatic rings. The summed E-state index contributed by atoms with van der Waals surface area (Å²) in [6.07, 6.45) is 2.25. The van der Waals surface area contributed by atoms with E-state index in [1.807, 2.05) is 18.7 Å². The van der Waals surface area contributed by atoms with E-state index in [-0.39, 0.29) is 23.2 Å². The van der Waals surface area contributed by atoms with Crippen LogP contribution in [-0.4, -0.2) is 53.5 Å². The second-order valence-corrected chi connectivity index (χ2v) is 6.57. The molecule has 0 saturated carbocycles. The molecule has 0 bridgehead atoms. The van der Waals surface area contributed by atoms with Crippen molar-refractivity contribution >= 4 is 22.9 Å². The van der Waals surface area contributed by atoms with Gasteiger partial charge in [0.2, 0.25) is 5.91 Å². The highest BCUT2D eigenvalue weighted by Gasteiger charge is 2.33. The van der Waals surface area contributed by atoms with Gasteiger partial charge < -0.3 is 15.5 Å². The fourth-order valence-electron chi connectivity index (χ4n) is 2.62. The lowest BCUT2D eigenvalue weighted by molar-refractivity contribution is -0.135. The van der Waals surface area contributed by atoms with E-state index < -0.39 is 0 Å². The maximum absolute atomic E-state index is 12.5. The first-order valence-corrected chi connectivity index (χ1v) is 8.01. The molecular formula is C13H23N3O2S. The predicted molar refractivity (Wildman–Crippen MR) is 77.2 cm³/mol. The molecule has 2 fully saturated rings. The minimum Gasteiger partial charge on any atom is -0.338 e. The molecule has 2 aliphatic heterocycles. The van der Waals surface area contributed by atoms with E-state index in [2.05, 4.69) is 10.6 Å². The number of amides is 2. The van der Waals surface area contributed by atoms with Gasteiger partial charge in [0.1, 0.15) is 6.04 Å². The molecule has 0 radical (unpaired) electrons. The standard InChI is InChI=1S/C13H23N3O2S/c1-9(2)16(7-10-3-5-14-6-4-10)12(17)11-8-19-13(18)15-11/h9-11,14H,3-8H2,1-2H3,(H,15,18). The van der Waals surface area contributed by atoms with Crippen LogP contribution in [0.15, 0.2) is 0 Å². The Kier molecular flexibility index (Phi) is 5.10. The third-order valence-electron chi connectivity index (χ3n) is 3.79. The Hall–Kier alpha value is -0.750. The molecule has 2 saturated heterocycles. The van der Waals surface area contributed by atoms with Crippen LogP contribution >= 0.6 is 11.8 Å². The second kappa shape index (κ2) is 6.61. The third-order valence-corrected chi connectivity index (χ3v) is 4.67. The summed E-state index contributed by atoms with van der Waals surface area (Å²) in [7, 11) is 0. The van der Waals surface area contributed by atoms with Gasteiger partial charge in [0.15, 0.2) is 0 Å². The van der Waals surface area contributed by atoms with Crippen molar-refractivity contribution in [1.29, 1.82) is 0 Å². The van der Waals surface area contributed by atoms with Crippen LogP contribution in [0.5, 0.6) is 0 Å². The van der Waals surface area contributed by atoms with Crippen LogP contribution in [0.4, 0.5) is 4.79 Å². The minimum atomic E-state index is -0.332. The van der Waals surface area contributed by atoms with E-state index in [0.717, 1.165) is 32.5 Å². The van der Waals surface area contributed by atoms with Crippen LogP contribution in [0.3, 0.4) is 0 Å². The highest BCUT2D eigenvalue weighted by molar-refractivity contribution is 8.14. The van der Waals surface area contributed by atoms with E-state index in [0.29, 0.717) is 11.7 Å². The number of nitrogens with one attached hydrogen (secondary N) is 2. The molecule has 19 heavy (non-hydrogen) atoms. The number of thioether (sulfide) groups is 1. The zero-order chi connectivity index (χ0) is 13.8. The first kappa shape index (κ1) is 14.7. The Morgan fingerprint density at radius 2 is 2.11 bits per heavy atom. The second-order valence-electron chi connectivity index (χ2n) is 5.57. The van der Waals surface area contributed by atoms with Gasteiger partial charge in [-0.05, 0) is 45.7 Å². The highest BCUT2D eigenvalue weighted by atomic mass is 32.2. The number of hydrogen-bond donors (Lipinski definition) is 2. The van der Waals surface area contributed by atoms with Gasteiger partial charge in [0, 0.05) is 18.3 Å². The van der Waals surface area contributed by atoms with Gasteiger partial charge in [-0.2, -0.15) is 0 Å². The molecule has 0 aromatic carbocycles. The van der Waals surface area contributed by atoms with Crippen molar-refractivity contribution in [3.63, 3.8) is 0 Å². The zero-order valence-corrected chi connectivity index (χ0v) is 12.5. The van der Waals surface area contributed by atoms with Crippen LogP contribution in [0.1, 0.15) is 26.7 Å². The smallest absolute Gasteiger partial charge is 0.279 e. The van der Waals surface area contributed by atoms with Crippen LogP contribution in [0.2, 0.25) is 0 Å². The van der Waals surface area contributed by atoms with Gasteiger partial charge in [-0.3, -0.25) is 9.59 Å². The van der Waals surface area contributed by atoms with E-state index in [4.69, 9.17) is 0 Å². The maximum atomic E-state index is 12.5. The predicted octanol–water partition coefficient (Wildman–Crippen LogP) is 1.05. The Labute approximate surface area is 118 Å². The number of nitrogens with zero attached hydrogens (tertiary/aromatic N) is 1. The molecule has 2 N–H and O–H groups in total. The Bertz CT molecular complexity index is 343. The van der Waals surface area contributed by atoms with Gasteiger partial charge in [0.25, 0.3) is 5.24 Å². The third kappa shape index (κ3) is 3.86. The van der Waals surface area contributed by atoms with Crippen molar-refractivity contribution < 1.29 is 9.59 Å². The van der Waals surface area contributed by atoms with Crippen molar-refractivity contribution in [3.8, 4) is 0 Å². The monoisotopic (exact) mass is 285 g/mol. The summed E-state index contributed by atoms with van der Waals surface area (Å²) < 4.78 is 0. The summed E-state index contributed by atoms with van der Waals surface area (Å²) in [4.78, 5) is 25.6. The molecule has 1 atom stereocenters. The molecule has 1 unspecified atom stereocenters. The lowest BCUT2D eigenvalue weighted by Gasteiger charge is -2.34. The quantitative estimate of drug-likeness (QED) is 0.810. The molecule has 5 nitrogen and oxygen atoms in total. The van der Waals surface area contributed by atoms with Crippen LogP contribution < -0.4 is 10.6 Å². The number of piperidine rings is 1. The average Bonchev–Trinajstić information content (AvgIpc) is 2.83. The number of hydrogen-bond acceptors (Lipinski definition) is 4. The van der Waals surface area contributed by atoms with Gasteiger partial charge in [-0.15, -0.1) is 0 Å². The maximum Gasteiger partial charge on any atom is 0.279 e. The molecule has 0 spiro atoms. The highest BCUT2D eigenvalue weighted by Crippen LogP contribution is 2.19. The first-order valence-electron chi connectivity index (χ1n) is 7.02. The average molecular weight is 285 g/mol. The molecule has 2 heterocycles. The van der Waals surface area contributed by atoms with Crippen molar-refractivity contribution in [2.45, 2.75) is 38.8 Å². The zero-order valence-electron chi connectivity index (χ0n) is 11.6. The van der Waals surface area contributed by atoms with Crippen molar-refractivity contribution in [2.75, 3.05) is 25.4 Å². The first-order chi connectivity index (χ1) is 9.08. The molecule has 0 aromatic rings. The lowest BCUT2D eigenvalue weighted by atomic mass is 9.96.